The SMILES string of the molecule is C=C1CC(c2ccccc2)C(C(=O)OCC)(C(=O)OCC)C1. The fourth-order valence-electron chi connectivity index (χ4n) is 3.17. The highest BCUT2D eigenvalue weighted by atomic mass is 16.6. The maximum Gasteiger partial charge on any atom is 0.324 e. The normalized spacial score (nSPS) is 19.7. The minimum atomic E-state index is -1.32. The highest BCUT2D eigenvalue weighted by molar-refractivity contribution is 6.02. The molecule has 1 atom stereocenters. The van der Waals surface area contributed by atoms with Gasteiger partial charge in [0.05, 0.1) is 13.2 Å². The molecule has 0 aromatic heterocycles. The van der Waals surface area contributed by atoms with E-state index in [0.717, 1.165) is 11.1 Å². The topological polar surface area (TPSA) is 52.6 Å². The Morgan fingerprint density at radius 1 is 1.14 bits per heavy atom. The minimum absolute atomic E-state index is 0.230. The van der Waals surface area contributed by atoms with Crippen LogP contribution >= 0.6 is 0 Å². The average molecular weight is 302 g/mol. The summed E-state index contributed by atoms with van der Waals surface area (Å²) in [7, 11) is 0. The second-order valence-corrected chi connectivity index (χ2v) is 5.51. The van der Waals surface area contributed by atoms with E-state index >= 15 is 0 Å². The Hall–Kier alpha value is -2.10. The molecule has 0 radical (unpaired) electrons. The molecule has 1 fully saturated rings. The van der Waals surface area contributed by atoms with Crippen LogP contribution in [0.4, 0.5) is 0 Å². The zero-order chi connectivity index (χ0) is 16.2. The number of carbonyl (C=O) groups is 2. The van der Waals surface area contributed by atoms with E-state index in [2.05, 4.69) is 6.58 Å². The largest absolute Gasteiger partial charge is 0.465 e. The lowest BCUT2D eigenvalue weighted by Gasteiger charge is -2.30. The van der Waals surface area contributed by atoms with Crippen LogP contribution in [0.1, 0.15) is 38.2 Å². The molecule has 1 unspecified atom stereocenters. The quantitative estimate of drug-likeness (QED) is 0.476. The van der Waals surface area contributed by atoms with E-state index in [4.69, 9.17) is 9.47 Å². The number of carbonyl (C=O) groups excluding carboxylic acids is 2. The van der Waals surface area contributed by atoms with Gasteiger partial charge in [-0.3, -0.25) is 9.59 Å². The van der Waals surface area contributed by atoms with Gasteiger partial charge in [0.15, 0.2) is 5.41 Å². The summed E-state index contributed by atoms with van der Waals surface area (Å²) < 4.78 is 10.4. The number of ether oxygens (including phenoxy) is 2. The molecule has 1 aliphatic rings. The molecule has 0 saturated heterocycles. The van der Waals surface area contributed by atoms with Crippen LogP contribution < -0.4 is 0 Å². The Kier molecular flexibility index (Phi) is 5.01. The fraction of sp³-hybridized carbons (Fsp3) is 0.444. The van der Waals surface area contributed by atoms with Gasteiger partial charge in [-0.15, -0.1) is 0 Å². The summed E-state index contributed by atoms with van der Waals surface area (Å²) in [5, 5.41) is 0. The maximum absolute atomic E-state index is 12.6. The molecule has 0 amide bonds. The van der Waals surface area contributed by atoms with E-state index in [0.29, 0.717) is 6.42 Å². The van der Waals surface area contributed by atoms with Crippen molar-refractivity contribution in [2.45, 2.75) is 32.6 Å². The van der Waals surface area contributed by atoms with E-state index in [1.54, 1.807) is 13.8 Å². The van der Waals surface area contributed by atoms with Gasteiger partial charge in [-0.25, -0.2) is 0 Å². The smallest absolute Gasteiger partial charge is 0.324 e. The van der Waals surface area contributed by atoms with E-state index in [1.807, 2.05) is 30.3 Å². The minimum Gasteiger partial charge on any atom is -0.465 e. The molecule has 4 heteroatoms. The Morgan fingerprint density at radius 3 is 2.18 bits per heavy atom. The molecule has 0 bridgehead atoms. The average Bonchev–Trinajstić information content (AvgIpc) is 2.87. The molecule has 118 valence electrons. The molecule has 0 spiro atoms. The maximum atomic E-state index is 12.6. The molecule has 1 aromatic carbocycles. The summed E-state index contributed by atoms with van der Waals surface area (Å²) in [5.74, 6) is -1.32. The number of esters is 2. The van der Waals surface area contributed by atoms with E-state index < -0.39 is 17.4 Å². The lowest BCUT2D eigenvalue weighted by atomic mass is 9.74. The number of benzene rings is 1. The van der Waals surface area contributed by atoms with Gasteiger partial charge >= 0.3 is 11.9 Å². The van der Waals surface area contributed by atoms with Crippen molar-refractivity contribution in [2.24, 2.45) is 5.41 Å². The van der Waals surface area contributed by atoms with Crippen LogP contribution in [0, 0.1) is 5.41 Å². The molecule has 0 N–H and O–H groups in total. The van der Waals surface area contributed by atoms with Crippen molar-refractivity contribution in [3.8, 4) is 0 Å². The van der Waals surface area contributed by atoms with Crippen molar-refractivity contribution >= 4 is 11.9 Å². The third-order valence-corrected chi connectivity index (χ3v) is 4.10. The van der Waals surface area contributed by atoms with Crippen molar-refractivity contribution in [3.63, 3.8) is 0 Å². The van der Waals surface area contributed by atoms with Gasteiger partial charge in [0, 0.05) is 5.92 Å². The highest BCUT2D eigenvalue weighted by Crippen LogP contribution is 2.53. The lowest BCUT2D eigenvalue weighted by Crippen LogP contribution is -2.44. The standard InChI is InChI=1S/C18H22O4/c1-4-21-16(19)18(17(20)22-5-2)12-13(3)11-15(18)14-9-7-6-8-10-14/h6-10,15H,3-5,11-12H2,1-2H3. The molecule has 22 heavy (non-hydrogen) atoms. The van der Waals surface area contributed by atoms with Crippen LogP contribution in [-0.2, 0) is 19.1 Å². The third kappa shape index (κ3) is 2.78. The molecule has 0 aliphatic heterocycles. The Bertz CT molecular complexity index is 544. The van der Waals surface area contributed by atoms with Gasteiger partial charge in [-0.1, -0.05) is 42.5 Å². The summed E-state index contributed by atoms with van der Waals surface area (Å²) in [5.41, 5.74) is 0.488. The number of rotatable bonds is 5. The number of allylic oxidation sites excluding steroid dienone is 1. The lowest BCUT2D eigenvalue weighted by molar-refractivity contribution is -0.172. The predicted molar refractivity (Wildman–Crippen MR) is 83.3 cm³/mol. The van der Waals surface area contributed by atoms with Gasteiger partial charge in [0.1, 0.15) is 0 Å². The molecule has 2 rings (SSSR count). The van der Waals surface area contributed by atoms with Crippen molar-refractivity contribution in [3.05, 3.63) is 48.0 Å². The summed E-state index contributed by atoms with van der Waals surface area (Å²) in [6.45, 7) is 7.92. The summed E-state index contributed by atoms with van der Waals surface area (Å²) >= 11 is 0. The van der Waals surface area contributed by atoms with Gasteiger partial charge in [-0.2, -0.15) is 0 Å². The summed E-state index contributed by atoms with van der Waals surface area (Å²) in [6, 6.07) is 9.56. The van der Waals surface area contributed by atoms with Crippen LogP contribution in [0.15, 0.2) is 42.5 Å². The Morgan fingerprint density at radius 2 is 1.68 bits per heavy atom. The zero-order valence-corrected chi connectivity index (χ0v) is 13.1. The van der Waals surface area contributed by atoms with Crippen molar-refractivity contribution in [1.82, 2.24) is 0 Å². The molecular weight excluding hydrogens is 280 g/mol. The van der Waals surface area contributed by atoms with Crippen molar-refractivity contribution < 1.29 is 19.1 Å². The zero-order valence-electron chi connectivity index (χ0n) is 13.1. The Labute approximate surface area is 131 Å². The van der Waals surface area contributed by atoms with Crippen LogP contribution in [-0.4, -0.2) is 25.2 Å². The monoisotopic (exact) mass is 302 g/mol. The Balaban J connectivity index is 2.50. The first kappa shape index (κ1) is 16.3. The van der Waals surface area contributed by atoms with E-state index in [1.165, 1.54) is 0 Å². The van der Waals surface area contributed by atoms with Crippen molar-refractivity contribution in [2.75, 3.05) is 13.2 Å². The molecule has 1 aliphatic carbocycles. The first-order valence-corrected chi connectivity index (χ1v) is 7.62. The fourth-order valence-corrected chi connectivity index (χ4v) is 3.17. The van der Waals surface area contributed by atoms with Crippen LogP contribution in [0.5, 0.6) is 0 Å². The van der Waals surface area contributed by atoms with Gasteiger partial charge < -0.3 is 9.47 Å². The second-order valence-electron chi connectivity index (χ2n) is 5.51. The van der Waals surface area contributed by atoms with Gasteiger partial charge in [-0.05, 0) is 32.3 Å². The van der Waals surface area contributed by atoms with Crippen LogP contribution in [0.2, 0.25) is 0 Å². The number of hydrogen-bond donors (Lipinski definition) is 0. The first-order valence-electron chi connectivity index (χ1n) is 7.62. The van der Waals surface area contributed by atoms with Crippen LogP contribution in [0.25, 0.3) is 0 Å². The summed E-state index contributed by atoms with van der Waals surface area (Å²) in [6.07, 6.45) is 0.867. The van der Waals surface area contributed by atoms with Gasteiger partial charge in [0.25, 0.3) is 0 Å². The molecule has 1 saturated carbocycles. The van der Waals surface area contributed by atoms with Crippen molar-refractivity contribution in [1.29, 1.82) is 0 Å². The molecule has 4 nitrogen and oxygen atoms in total. The van der Waals surface area contributed by atoms with E-state index in [-0.39, 0.29) is 25.6 Å². The number of hydrogen-bond acceptors (Lipinski definition) is 4. The highest BCUT2D eigenvalue weighted by Gasteiger charge is 2.59. The second kappa shape index (κ2) is 6.77. The third-order valence-electron chi connectivity index (χ3n) is 4.10. The first-order chi connectivity index (χ1) is 10.6. The van der Waals surface area contributed by atoms with Crippen LogP contribution in [0.3, 0.4) is 0 Å². The predicted octanol–water partition coefficient (Wildman–Crippen LogP) is 3.23. The molecule has 0 heterocycles. The van der Waals surface area contributed by atoms with Gasteiger partial charge in [0.2, 0.25) is 0 Å². The summed E-state index contributed by atoms with van der Waals surface area (Å²) in [4.78, 5) is 25.3. The molecular formula is C18H22O4. The van der Waals surface area contributed by atoms with E-state index in [9.17, 15) is 9.59 Å². The molecule has 1 aromatic rings.